The molecule has 0 amide bonds. The Labute approximate surface area is 148 Å². The van der Waals surface area contributed by atoms with Crippen LogP contribution in [0.15, 0.2) is 29.5 Å². The van der Waals surface area contributed by atoms with Gasteiger partial charge in [0.1, 0.15) is 0 Å². The standard InChI is InChI=1S/C18H27N5S/c1-4-16-6-7-17(24-16)11-20-18(19-5-2)23-9-8-14(13-23)15-10-21-22(3)12-15/h6-7,10,12,14H,4-5,8-9,11,13H2,1-3H3,(H,19,20). The molecule has 2 aromatic heterocycles. The molecule has 130 valence electrons. The molecule has 24 heavy (non-hydrogen) atoms. The average molecular weight is 346 g/mol. The van der Waals surface area contributed by atoms with Gasteiger partial charge in [-0.1, -0.05) is 6.92 Å². The number of aromatic nitrogens is 2. The number of nitrogens with one attached hydrogen (secondary N) is 1. The van der Waals surface area contributed by atoms with Gasteiger partial charge in [0.15, 0.2) is 5.96 Å². The van der Waals surface area contributed by atoms with Gasteiger partial charge in [-0.15, -0.1) is 11.3 Å². The first-order chi connectivity index (χ1) is 11.7. The summed E-state index contributed by atoms with van der Waals surface area (Å²) in [6, 6.07) is 4.43. The molecule has 0 aliphatic carbocycles. The van der Waals surface area contributed by atoms with Crippen molar-refractivity contribution in [2.24, 2.45) is 12.0 Å². The number of thiophene rings is 1. The largest absolute Gasteiger partial charge is 0.357 e. The fraction of sp³-hybridized carbons (Fsp3) is 0.556. The molecule has 0 saturated carbocycles. The quantitative estimate of drug-likeness (QED) is 0.669. The normalized spacial score (nSPS) is 18.4. The zero-order chi connectivity index (χ0) is 16.9. The van der Waals surface area contributed by atoms with Crippen LogP contribution in [0.4, 0.5) is 0 Å². The maximum atomic E-state index is 4.87. The Hall–Kier alpha value is -1.82. The Morgan fingerprint density at radius 3 is 2.88 bits per heavy atom. The highest BCUT2D eigenvalue weighted by Gasteiger charge is 2.26. The fourth-order valence-corrected chi connectivity index (χ4v) is 4.03. The van der Waals surface area contributed by atoms with E-state index in [1.165, 1.54) is 15.3 Å². The Bertz CT molecular complexity index is 687. The first kappa shape index (κ1) is 17.0. The molecule has 1 saturated heterocycles. The Kier molecular flexibility index (Phi) is 5.56. The van der Waals surface area contributed by atoms with E-state index >= 15 is 0 Å². The minimum atomic E-state index is 0.552. The van der Waals surface area contributed by atoms with Crippen LogP contribution in [0.5, 0.6) is 0 Å². The first-order valence-corrected chi connectivity index (χ1v) is 9.60. The predicted molar refractivity (Wildman–Crippen MR) is 101 cm³/mol. The van der Waals surface area contributed by atoms with Gasteiger partial charge >= 0.3 is 0 Å². The Morgan fingerprint density at radius 1 is 1.38 bits per heavy atom. The molecule has 6 heteroatoms. The van der Waals surface area contributed by atoms with Gasteiger partial charge in [0.05, 0.1) is 12.7 Å². The summed E-state index contributed by atoms with van der Waals surface area (Å²) < 4.78 is 1.89. The molecule has 1 aliphatic rings. The monoisotopic (exact) mass is 345 g/mol. The van der Waals surface area contributed by atoms with Gasteiger partial charge in [-0.3, -0.25) is 4.68 Å². The maximum absolute atomic E-state index is 4.87. The lowest BCUT2D eigenvalue weighted by molar-refractivity contribution is 0.486. The molecule has 0 aromatic carbocycles. The molecule has 0 bridgehead atoms. The van der Waals surface area contributed by atoms with Crippen LogP contribution in [-0.2, 0) is 20.0 Å². The van der Waals surface area contributed by atoms with Gasteiger partial charge in [-0.05, 0) is 37.5 Å². The van der Waals surface area contributed by atoms with E-state index in [2.05, 4.69) is 47.5 Å². The van der Waals surface area contributed by atoms with E-state index in [0.29, 0.717) is 5.92 Å². The molecular formula is C18H27N5S. The topological polar surface area (TPSA) is 45.5 Å². The molecule has 1 atom stereocenters. The molecule has 5 nitrogen and oxygen atoms in total. The summed E-state index contributed by atoms with van der Waals surface area (Å²) in [4.78, 5) is 10.0. The van der Waals surface area contributed by atoms with E-state index in [1.54, 1.807) is 0 Å². The van der Waals surface area contributed by atoms with Crippen molar-refractivity contribution in [2.75, 3.05) is 19.6 Å². The van der Waals surface area contributed by atoms with Gasteiger partial charge in [-0.2, -0.15) is 5.10 Å². The number of hydrogen-bond donors (Lipinski definition) is 1. The third-order valence-electron chi connectivity index (χ3n) is 4.47. The third kappa shape index (κ3) is 3.98. The van der Waals surface area contributed by atoms with Gasteiger partial charge in [0, 0.05) is 48.6 Å². The first-order valence-electron chi connectivity index (χ1n) is 8.79. The molecular weight excluding hydrogens is 318 g/mol. The smallest absolute Gasteiger partial charge is 0.194 e. The lowest BCUT2D eigenvalue weighted by Gasteiger charge is -2.21. The number of guanidine groups is 1. The minimum absolute atomic E-state index is 0.552. The Balaban J connectivity index is 1.65. The van der Waals surface area contributed by atoms with Crippen LogP contribution >= 0.6 is 11.3 Å². The number of hydrogen-bond acceptors (Lipinski definition) is 3. The lowest BCUT2D eigenvalue weighted by atomic mass is 10.0. The van der Waals surface area contributed by atoms with Crippen molar-refractivity contribution in [1.29, 1.82) is 0 Å². The van der Waals surface area contributed by atoms with Gasteiger partial charge in [0.25, 0.3) is 0 Å². The minimum Gasteiger partial charge on any atom is -0.357 e. The highest BCUT2D eigenvalue weighted by molar-refractivity contribution is 7.11. The summed E-state index contributed by atoms with van der Waals surface area (Å²) in [7, 11) is 1.98. The van der Waals surface area contributed by atoms with Crippen LogP contribution in [0, 0.1) is 0 Å². The van der Waals surface area contributed by atoms with E-state index in [4.69, 9.17) is 4.99 Å². The number of rotatable bonds is 5. The van der Waals surface area contributed by atoms with Gasteiger partial charge in [-0.25, -0.2) is 4.99 Å². The molecule has 3 rings (SSSR count). The zero-order valence-corrected chi connectivity index (χ0v) is 15.6. The number of nitrogens with zero attached hydrogens (tertiary/aromatic N) is 4. The van der Waals surface area contributed by atoms with Crippen molar-refractivity contribution in [2.45, 2.75) is 39.2 Å². The van der Waals surface area contributed by atoms with E-state index in [0.717, 1.165) is 45.0 Å². The molecule has 1 N–H and O–H groups in total. The second-order valence-electron chi connectivity index (χ2n) is 6.27. The van der Waals surface area contributed by atoms with E-state index in [9.17, 15) is 0 Å². The lowest BCUT2D eigenvalue weighted by Crippen LogP contribution is -2.39. The van der Waals surface area contributed by atoms with Gasteiger partial charge in [0.2, 0.25) is 0 Å². The maximum Gasteiger partial charge on any atom is 0.194 e. The number of aliphatic imine (C=N–C) groups is 1. The summed E-state index contributed by atoms with van der Waals surface area (Å²) in [6.45, 7) is 8.06. The SMILES string of the molecule is CCNC(=NCc1ccc(CC)s1)N1CCC(c2cnn(C)c2)C1. The van der Waals surface area contributed by atoms with E-state index < -0.39 is 0 Å². The van der Waals surface area contributed by atoms with Crippen molar-refractivity contribution >= 4 is 17.3 Å². The molecule has 1 unspecified atom stereocenters. The highest BCUT2D eigenvalue weighted by Crippen LogP contribution is 2.27. The molecule has 3 heterocycles. The average Bonchev–Trinajstić information content (AvgIpc) is 3.31. The van der Waals surface area contributed by atoms with Crippen molar-refractivity contribution < 1.29 is 0 Å². The summed E-state index contributed by atoms with van der Waals surface area (Å²) in [5, 5.41) is 7.76. The fourth-order valence-electron chi connectivity index (χ4n) is 3.15. The van der Waals surface area contributed by atoms with Crippen molar-refractivity contribution in [3.8, 4) is 0 Å². The highest BCUT2D eigenvalue weighted by atomic mass is 32.1. The summed E-state index contributed by atoms with van der Waals surface area (Å²) in [6.07, 6.45) is 6.40. The summed E-state index contributed by atoms with van der Waals surface area (Å²) in [5.41, 5.74) is 1.33. The molecule has 1 aliphatic heterocycles. The molecule has 1 fully saturated rings. The van der Waals surface area contributed by atoms with Crippen molar-refractivity contribution in [1.82, 2.24) is 20.0 Å². The molecule has 0 spiro atoms. The summed E-state index contributed by atoms with van der Waals surface area (Å²) >= 11 is 1.87. The van der Waals surface area contributed by atoms with Crippen LogP contribution in [0.2, 0.25) is 0 Å². The second kappa shape index (κ2) is 7.83. The van der Waals surface area contributed by atoms with Crippen LogP contribution in [0.3, 0.4) is 0 Å². The van der Waals surface area contributed by atoms with Crippen LogP contribution in [-0.4, -0.2) is 40.3 Å². The number of likely N-dealkylation sites (tertiary alicyclic amines) is 1. The zero-order valence-electron chi connectivity index (χ0n) is 14.8. The second-order valence-corrected chi connectivity index (χ2v) is 7.52. The van der Waals surface area contributed by atoms with E-state index in [1.807, 2.05) is 29.3 Å². The van der Waals surface area contributed by atoms with E-state index in [-0.39, 0.29) is 0 Å². The van der Waals surface area contributed by atoms with Crippen molar-refractivity contribution in [3.63, 3.8) is 0 Å². The molecule has 0 radical (unpaired) electrons. The summed E-state index contributed by atoms with van der Waals surface area (Å²) in [5.74, 6) is 1.59. The van der Waals surface area contributed by atoms with Crippen LogP contribution in [0.25, 0.3) is 0 Å². The van der Waals surface area contributed by atoms with Crippen LogP contribution < -0.4 is 5.32 Å². The van der Waals surface area contributed by atoms with Gasteiger partial charge < -0.3 is 10.2 Å². The predicted octanol–water partition coefficient (Wildman–Crippen LogP) is 3.00. The Morgan fingerprint density at radius 2 is 2.21 bits per heavy atom. The van der Waals surface area contributed by atoms with Crippen LogP contribution in [0.1, 0.15) is 41.5 Å². The third-order valence-corrected chi connectivity index (χ3v) is 5.68. The van der Waals surface area contributed by atoms with Crippen molar-refractivity contribution in [3.05, 3.63) is 39.8 Å². The number of aryl methyl sites for hydroxylation is 2. The molecule has 2 aromatic rings.